The molecule has 2 aliphatic heterocycles. The Bertz CT molecular complexity index is 718. The van der Waals surface area contributed by atoms with Crippen LogP contribution in [0.5, 0.6) is 0 Å². The lowest BCUT2D eigenvalue weighted by atomic mass is 9.89. The molecule has 0 N–H and O–H groups in total. The average Bonchev–Trinajstić information content (AvgIpc) is 3.16. The number of carbonyl (C=O) groups is 2. The van der Waals surface area contributed by atoms with Crippen molar-refractivity contribution in [2.24, 2.45) is 11.8 Å². The van der Waals surface area contributed by atoms with Crippen LogP contribution >= 0.6 is 11.3 Å². The van der Waals surface area contributed by atoms with Crippen LogP contribution in [-0.4, -0.2) is 65.9 Å². The minimum Gasteiger partial charge on any atom is -0.345 e. The van der Waals surface area contributed by atoms with Gasteiger partial charge < -0.3 is 14.7 Å². The maximum atomic E-state index is 13.0. The van der Waals surface area contributed by atoms with Gasteiger partial charge in [-0.25, -0.2) is 4.98 Å². The molecule has 3 aliphatic rings. The van der Waals surface area contributed by atoms with Gasteiger partial charge in [-0.05, 0) is 38.0 Å². The molecule has 154 valence electrons. The molecule has 1 aromatic heterocycles. The SMILES string of the molecule is CCC(=O)N1CCN(c2nc3c(s2)C[C@@H](C(=O)N2CCC(C)CC2)CC3)CC1. The summed E-state index contributed by atoms with van der Waals surface area (Å²) in [5, 5.41) is 1.08. The van der Waals surface area contributed by atoms with Crippen LogP contribution in [0.3, 0.4) is 0 Å². The molecule has 0 saturated carbocycles. The van der Waals surface area contributed by atoms with E-state index in [-0.39, 0.29) is 11.8 Å². The van der Waals surface area contributed by atoms with Crippen LogP contribution in [-0.2, 0) is 22.4 Å². The van der Waals surface area contributed by atoms with Crippen molar-refractivity contribution >= 4 is 28.3 Å². The number of hydrogen-bond donors (Lipinski definition) is 0. The number of aromatic nitrogens is 1. The maximum absolute atomic E-state index is 13.0. The van der Waals surface area contributed by atoms with Crippen LogP contribution in [0.1, 0.15) is 50.1 Å². The Balaban J connectivity index is 1.36. The van der Waals surface area contributed by atoms with Gasteiger partial charge in [0.2, 0.25) is 11.8 Å². The summed E-state index contributed by atoms with van der Waals surface area (Å²) in [6.45, 7) is 9.34. The molecule has 0 spiro atoms. The Labute approximate surface area is 171 Å². The highest BCUT2D eigenvalue weighted by atomic mass is 32.1. The van der Waals surface area contributed by atoms with E-state index in [1.54, 1.807) is 11.3 Å². The second-order valence-corrected chi connectivity index (χ2v) is 9.60. The first-order chi connectivity index (χ1) is 13.5. The fourth-order valence-corrected chi connectivity index (χ4v) is 5.80. The Morgan fingerprint density at radius 2 is 1.75 bits per heavy atom. The van der Waals surface area contributed by atoms with Crippen molar-refractivity contribution in [3.05, 3.63) is 10.6 Å². The summed E-state index contributed by atoms with van der Waals surface area (Å²) >= 11 is 1.77. The smallest absolute Gasteiger partial charge is 0.226 e. The van der Waals surface area contributed by atoms with Crippen molar-refractivity contribution in [3.63, 3.8) is 0 Å². The molecule has 4 rings (SSSR count). The minimum absolute atomic E-state index is 0.133. The summed E-state index contributed by atoms with van der Waals surface area (Å²) in [5.41, 5.74) is 1.20. The number of likely N-dealkylation sites (tertiary alicyclic amines) is 1. The van der Waals surface area contributed by atoms with Gasteiger partial charge in [-0.2, -0.15) is 0 Å². The van der Waals surface area contributed by atoms with Gasteiger partial charge in [0.25, 0.3) is 0 Å². The van der Waals surface area contributed by atoms with Crippen molar-refractivity contribution in [2.45, 2.75) is 52.4 Å². The van der Waals surface area contributed by atoms with Crippen LogP contribution in [0.2, 0.25) is 0 Å². The van der Waals surface area contributed by atoms with Gasteiger partial charge in [-0.15, -0.1) is 11.3 Å². The predicted molar refractivity (Wildman–Crippen MR) is 112 cm³/mol. The first-order valence-electron chi connectivity index (χ1n) is 10.8. The topological polar surface area (TPSA) is 56.8 Å². The molecular weight excluding hydrogens is 372 g/mol. The van der Waals surface area contributed by atoms with Crippen molar-refractivity contribution in [2.75, 3.05) is 44.2 Å². The molecule has 3 heterocycles. The van der Waals surface area contributed by atoms with Crippen molar-refractivity contribution < 1.29 is 9.59 Å². The quantitative estimate of drug-likeness (QED) is 0.777. The molecule has 2 fully saturated rings. The molecule has 7 heteroatoms. The first-order valence-corrected chi connectivity index (χ1v) is 11.7. The number of piperazine rings is 1. The van der Waals surface area contributed by atoms with E-state index in [2.05, 4.69) is 16.7 Å². The monoisotopic (exact) mass is 404 g/mol. The second kappa shape index (κ2) is 8.39. The highest BCUT2D eigenvalue weighted by Gasteiger charge is 2.32. The lowest BCUT2D eigenvalue weighted by molar-refractivity contribution is -0.137. The number of fused-ring (bicyclic) bond motifs is 1. The lowest BCUT2D eigenvalue weighted by Crippen LogP contribution is -2.48. The normalized spacial score (nSPS) is 23.6. The maximum Gasteiger partial charge on any atom is 0.226 e. The molecule has 1 aromatic rings. The van der Waals surface area contributed by atoms with Crippen molar-refractivity contribution in [1.29, 1.82) is 0 Å². The lowest BCUT2D eigenvalue weighted by Gasteiger charge is -2.34. The van der Waals surface area contributed by atoms with E-state index >= 15 is 0 Å². The summed E-state index contributed by atoms with van der Waals surface area (Å²) in [4.78, 5) is 37.4. The van der Waals surface area contributed by atoms with Gasteiger partial charge in [0, 0.05) is 56.5 Å². The van der Waals surface area contributed by atoms with E-state index in [4.69, 9.17) is 4.98 Å². The van der Waals surface area contributed by atoms with Crippen molar-refractivity contribution in [1.82, 2.24) is 14.8 Å². The highest BCUT2D eigenvalue weighted by molar-refractivity contribution is 7.15. The summed E-state index contributed by atoms with van der Waals surface area (Å²) in [6, 6.07) is 0. The Morgan fingerprint density at radius 1 is 1.04 bits per heavy atom. The molecule has 28 heavy (non-hydrogen) atoms. The zero-order valence-corrected chi connectivity index (χ0v) is 18.0. The van der Waals surface area contributed by atoms with Gasteiger partial charge in [0.15, 0.2) is 5.13 Å². The number of aryl methyl sites for hydroxylation is 1. The number of nitrogens with zero attached hydrogens (tertiary/aromatic N) is 4. The van der Waals surface area contributed by atoms with Crippen LogP contribution in [0.4, 0.5) is 5.13 Å². The van der Waals surface area contributed by atoms with Gasteiger partial charge in [0.05, 0.1) is 5.69 Å². The summed E-state index contributed by atoms with van der Waals surface area (Å²) in [6.07, 6.45) is 5.56. The number of carbonyl (C=O) groups excluding carboxylic acids is 2. The molecule has 2 amide bonds. The van der Waals surface area contributed by atoms with Crippen LogP contribution in [0.15, 0.2) is 0 Å². The first kappa shape index (κ1) is 19.7. The van der Waals surface area contributed by atoms with E-state index in [0.29, 0.717) is 12.3 Å². The van der Waals surface area contributed by atoms with E-state index < -0.39 is 0 Å². The fraction of sp³-hybridized carbons (Fsp3) is 0.762. The van der Waals surface area contributed by atoms with Gasteiger partial charge in [-0.3, -0.25) is 9.59 Å². The molecule has 0 radical (unpaired) electrons. The third-order valence-electron chi connectivity index (χ3n) is 6.58. The molecule has 0 aromatic carbocycles. The number of rotatable bonds is 3. The standard InChI is InChI=1S/C21H32N4O2S/c1-3-19(26)23-10-12-25(13-11-23)21-22-17-5-4-16(14-18(17)28-21)20(27)24-8-6-15(2)7-9-24/h15-16H,3-14H2,1-2H3/t16-/m0/s1. The summed E-state index contributed by atoms with van der Waals surface area (Å²) in [5.74, 6) is 1.48. The van der Waals surface area contributed by atoms with E-state index in [1.165, 1.54) is 10.6 Å². The van der Waals surface area contributed by atoms with Gasteiger partial charge in [-0.1, -0.05) is 13.8 Å². The molecule has 6 nitrogen and oxygen atoms in total. The van der Waals surface area contributed by atoms with E-state index in [1.807, 2.05) is 11.8 Å². The Morgan fingerprint density at radius 3 is 2.43 bits per heavy atom. The largest absolute Gasteiger partial charge is 0.345 e. The second-order valence-electron chi connectivity index (χ2n) is 8.54. The minimum atomic E-state index is 0.133. The van der Waals surface area contributed by atoms with E-state index in [9.17, 15) is 9.59 Å². The predicted octanol–water partition coefficient (Wildman–Crippen LogP) is 2.57. The molecular formula is C21H32N4O2S. The third-order valence-corrected chi connectivity index (χ3v) is 7.76. The van der Waals surface area contributed by atoms with Crippen LogP contribution in [0, 0.1) is 11.8 Å². The molecule has 1 aliphatic carbocycles. The molecule has 0 unspecified atom stereocenters. The van der Waals surface area contributed by atoms with Gasteiger partial charge >= 0.3 is 0 Å². The fourth-order valence-electron chi connectivity index (χ4n) is 4.57. The summed E-state index contributed by atoms with van der Waals surface area (Å²) in [7, 11) is 0. The Hall–Kier alpha value is -1.63. The number of thiazole rings is 1. The third kappa shape index (κ3) is 4.04. The number of amides is 2. The van der Waals surface area contributed by atoms with E-state index in [0.717, 1.165) is 82.4 Å². The molecule has 1 atom stereocenters. The Kier molecular flexibility index (Phi) is 5.90. The van der Waals surface area contributed by atoms with Gasteiger partial charge in [0.1, 0.15) is 0 Å². The van der Waals surface area contributed by atoms with Crippen LogP contribution in [0.25, 0.3) is 0 Å². The molecule has 2 saturated heterocycles. The average molecular weight is 405 g/mol. The number of anilines is 1. The summed E-state index contributed by atoms with van der Waals surface area (Å²) < 4.78 is 0. The number of piperidine rings is 1. The molecule has 0 bridgehead atoms. The zero-order valence-electron chi connectivity index (χ0n) is 17.2. The van der Waals surface area contributed by atoms with Crippen LogP contribution < -0.4 is 4.90 Å². The highest BCUT2D eigenvalue weighted by Crippen LogP contribution is 2.35. The van der Waals surface area contributed by atoms with Crippen molar-refractivity contribution in [3.8, 4) is 0 Å². The number of hydrogen-bond acceptors (Lipinski definition) is 5. The zero-order chi connectivity index (χ0) is 19.7.